The minimum Gasteiger partial charge on any atom is -0.366 e. The molecular weight excluding hydrogens is 350 g/mol. The third kappa shape index (κ3) is 4.06. The standard InChI is InChI=1S/C20H20ClN3O2/c1-14(22-23-16-9-7-15(21)8-10-16)18-11-24(12-19(18)20(26)13-25)17-5-3-2-4-6-17/h2-10,13,19,22-23H,11-12H2,1H3. The lowest BCUT2D eigenvalue weighted by Gasteiger charge is -2.17. The number of carbonyl (C=O) groups excluding carboxylic acids is 2. The van der Waals surface area contributed by atoms with Crippen molar-refractivity contribution in [1.29, 1.82) is 0 Å². The van der Waals surface area contributed by atoms with E-state index in [1.165, 1.54) is 0 Å². The zero-order chi connectivity index (χ0) is 18.5. The summed E-state index contributed by atoms with van der Waals surface area (Å²) in [7, 11) is 0. The van der Waals surface area contributed by atoms with E-state index in [2.05, 4.69) is 15.8 Å². The Morgan fingerprint density at radius 1 is 1.15 bits per heavy atom. The van der Waals surface area contributed by atoms with Gasteiger partial charge >= 0.3 is 0 Å². The summed E-state index contributed by atoms with van der Waals surface area (Å²) < 4.78 is 0. The molecule has 26 heavy (non-hydrogen) atoms. The number of nitrogens with one attached hydrogen (secondary N) is 2. The number of benzene rings is 2. The Hall–Kier alpha value is -2.79. The van der Waals surface area contributed by atoms with Gasteiger partial charge in [0, 0.05) is 29.5 Å². The normalized spacial score (nSPS) is 18.4. The van der Waals surface area contributed by atoms with Crippen LogP contribution in [0.2, 0.25) is 5.02 Å². The molecule has 0 aromatic heterocycles. The van der Waals surface area contributed by atoms with Crippen LogP contribution < -0.4 is 15.8 Å². The van der Waals surface area contributed by atoms with Crippen LogP contribution in [0.15, 0.2) is 65.9 Å². The Bertz CT molecular complexity index is 819. The maximum atomic E-state index is 12.1. The van der Waals surface area contributed by atoms with Crippen LogP contribution in [0.25, 0.3) is 0 Å². The number of Topliss-reactive ketones (excluding diaryl/α,β-unsaturated/α-hetero) is 1. The number of allylic oxidation sites excluding steroid dienone is 1. The highest BCUT2D eigenvalue weighted by Gasteiger charge is 2.34. The highest BCUT2D eigenvalue weighted by Crippen LogP contribution is 2.29. The second-order valence-corrected chi connectivity index (χ2v) is 6.63. The number of carbonyl (C=O) groups is 2. The summed E-state index contributed by atoms with van der Waals surface area (Å²) >= 11 is 5.89. The molecule has 0 amide bonds. The minimum absolute atomic E-state index is 0.397. The van der Waals surface area contributed by atoms with Gasteiger partial charge < -0.3 is 15.8 Å². The number of ketones is 1. The van der Waals surface area contributed by atoms with Crippen molar-refractivity contribution in [3.05, 3.63) is 70.9 Å². The monoisotopic (exact) mass is 369 g/mol. The van der Waals surface area contributed by atoms with E-state index in [0.717, 1.165) is 22.6 Å². The number of hydrogen-bond donors (Lipinski definition) is 2. The number of nitrogens with zero attached hydrogens (tertiary/aromatic N) is 1. The fourth-order valence-corrected chi connectivity index (χ4v) is 3.18. The number of hydrazine groups is 1. The van der Waals surface area contributed by atoms with Gasteiger partial charge in [-0.15, -0.1) is 0 Å². The summed E-state index contributed by atoms with van der Waals surface area (Å²) in [6, 6.07) is 17.2. The van der Waals surface area contributed by atoms with E-state index in [1.54, 1.807) is 12.1 Å². The highest BCUT2D eigenvalue weighted by molar-refractivity contribution is 6.30. The first-order valence-corrected chi connectivity index (χ1v) is 8.72. The van der Waals surface area contributed by atoms with Crippen molar-refractivity contribution >= 4 is 35.0 Å². The van der Waals surface area contributed by atoms with Crippen molar-refractivity contribution in [3.63, 3.8) is 0 Å². The molecule has 1 atom stereocenters. The minimum atomic E-state index is -0.438. The molecule has 1 aliphatic rings. The summed E-state index contributed by atoms with van der Waals surface area (Å²) in [5.74, 6) is -0.835. The first-order valence-electron chi connectivity index (χ1n) is 8.34. The maximum absolute atomic E-state index is 12.1. The zero-order valence-corrected chi connectivity index (χ0v) is 15.2. The van der Waals surface area contributed by atoms with E-state index in [9.17, 15) is 9.59 Å². The predicted octanol–water partition coefficient (Wildman–Crippen LogP) is 3.43. The summed E-state index contributed by atoms with van der Waals surface area (Å²) in [5, 5.41) is 0.663. The SMILES string of the molecule is CC(NNc1ccc(Cl)cc1)=C1CN(c2ccccc2)CC1C(=O)C=O. The third-order valence-electron chi connectivity index (χ3n) is 4.49. The largest absolute Gasteiger partial charge is 0.366 e. The van der Waals surface area contributed by atoms with Crippen LogP contribution in [-0.2, 0) is 9.59 Å². The molecule has 0 aliphatic carbocycles. The third-order valence-corrected chi connectivity index (χ3v) is 4.74. The zero-order valence-electron chi connectivity index (χ0n) is 14.4. The second-order valence-electron chi connectivity index (χ2n) is 6.20. The van der Waals surface area contributed by atoms with E-state index in [1.807, 2.05) is 49.4 Å². The number of aldehydes is 1. The quantitative estimate of drug-likeness (QED) is 0.464. The Labute approximate surface area is 157 Å². The smallest absolute Gasteiger partial charge is 0.204 e. The average molecular weight is 370 g/mol. The van der Waals surface area contributed by atoms with Crippen LogP contribution in [0, 0.1) is 5.92 Å². The fraction of sp³-hybridized carbons (Fsp3) is 0.200. The van der Waals surface area contributed by atoms with E-state index < -0.39 is 11.7 Å². The molecule has 0 radical (unpaired) electrons. The van der Waals surface area contributed by atoms with Gasteiger partial charge in [0.05, 0.1) is 11.6 Å². The van der Waals surface area contributed by atoms with Gasteiger partial charge in [-0.1, -0.05) is 29.8 Å². The van der Waals surface area contributed by atoms with Crippen LogP contribution in [-0.4, -0.2) is 25.2 Å². The molecule has 1 aliphatic heterocycles. The Balaban J connectivity index is 1.79. The molecule has 0 bridgehead atoms. The molecule has 0 saturated carbocycles. The molecule has 2 aromatic carbocycles. The second kappa shape index (κ2) is 8.06. The van der Waals surface area contributed by atoms with Gasteiger partial charge in [0.1, 0.15) is 0 Å². The van der Waals surface area contributed by atoms with Crippen molar-refractivity contribution in [2.24, 2.45) is 5.92 Å². The van der Waals surface area contributed by atoms with E-state index >= 15 is 0 Å². The van der Waals surface area contributed by atoms with Crippen molar-refractivity contribution in [3.8, 4) is 0 Å². The molecule has 6 heteroatoms. The molecule has 2 aromatic rings. The van der Waals surface area contributed by atoms with Crippen molar-refractivity contribution in [1.82, 2.24) is 5.43 Å². The molecule has 1 unspecified atom stereocenters. The van der Waals surface area contributed by atoms with Crippen molar-refractivity contribution < 1.29 is 9.59 Å². The lowest BCUT2D eigenvalue weighted by Crippen LogP contribution is -2.25. The maximum Gasteiger partial charge on any atom is 0.204 e. The lowest BCUT2D eigenvalue weighted by molar-refractivity contribution is -0.131. The molecule has 134 valence electrons. The number of para-hydroxylation sites is 1. The molecule has 1 fully saturated rings. The van der Waals surface area contributed by atoms with Gasteiger partial charge in [-0.05, 0) is 48.9 Å². The Morgan fingerprint density at radius 2 is 1.85 bits per heavy atom. The van der Waals surface area contributed by atoms with Gasteiger partial charge in [0.15, 0.2) is 6.29 Å². The molecule has 0 spiro atoms. The summed E-state index contributed by atoms with van der Waals surface area (Å²) in [6.45, 7) is 2.99. The average Bonchev–Trinajstić information content (AvgIpc) is 3.13. The summed E-state index contributed by atoms with van der Waals surface area (Å²) in [5.41, 5.74) is 9.86. The molecule has 1 saturated heterocycles. The van der Waals surface area contributed by atoms with Crippen molar-refractivity contribution in [2.45, 2.75) is 6.92 Å². The van der Waals surface area contributed by atoms with Gasteiger partial charge in [-0.2, -0.15) is 0 Å². The lowest BCUT2D eigenvalue weighted by atomic mass is 9.97. The van der Waals surface area contributed by atoms with Gasteiger partial charge in [0.25, 0.3) is 0 Å². The summed E-state index contributed by atoms with van der Waals surface area (Å²) in [4.78, 5) is 25.3. The van der Waals surface area contributed by atoms with Crippen LogP contribution >= 0.6 is 11.6 Å². The Morgan fingerprint density at radius 3 is 2.50 bits per heavy atom. The van der Waals surface area contributed by atoms with Crippen LogP contribution in [0.3, 0.4) is 0 Å². The van der Waals surface area contributed by atoms with Crippen LogP contribution in [0.1, 0.15) is 6.92 Å². The van der Waals surface area contributed by atoms with Crippen LogP contribution in [0.4, 0.5) is 11.4 Å². The first-order chi connectivity index (χ1) is 12.6. The number of rotatable bonds is 6. The summed E-state index contributed by atoms with van der Waals surface area (Å²) in [6.07, 6.45) is 0.416. The topological polar surface area (TPSA) is 61.4 Å². The molecular formula is C20H20ClN3O2. The van der Waals surface area contributed by atoms with E-state index in [0.29, 0.717) is 24.4 Å². The van der Waals surface area contributed by atoms with Gasteiger partial charge in [0.2, 0.25) is 5.78 Å². The van der Waals surface area contributed by atoms with Crippen LogP contribution in [0.5, 0.6) is 0 Å². The van der Waals surface area contributed by atoms with Gasteiger partial charge in [-0.25, -0.2) is 0 Å². The number of halogens is 1. The van der Waals surface area contributed by atoms with E-state index in [4.69, 9.17) is 11.6 Å². The highest BCUT2D eigenvalue weighted by atomic mass is 35.5. The predicted molar refractivity (Wildman–Crippen MR) is 104 cm³/mol. The fourth-order valence-electron chi connectivity index (χ4n) is 3.05. The Kier molecular flexibility index (Phi) is 5.58. The molecule has 1 heterocycles. The first kappa shape index (κ1) is 18.0. The number of hydrogen-bond acceptors (Lipinski definition) is 5. The molecule has 3 rings (SSSR count). The van der Waals surface area contributed by atoms with Crippen molar-refractivity contribution in [2.75, 3.05) is 23.4 Å². The molecule has 5 nitrogen and oxygen atoms in total. The number of anilines is 2. The molecule has 2 N–H and O–H groups in total. The van der Waals surface area contributed by atoms with E-state index in [-0.39, 0.29) is 0 Å². The van der Waals surface area contributed by atoms with Gasteiger partial charge in [-0.3, -0.25) is 9.59 Å².